The highest BCUT2D eigenvalue weighted by Gasteiger charge is 2.20. The maximum Gasteiger partial charge on any atom is 0.253 e. The number of nitrogens with one attached hydrogen (secondary N) is 1. The summed E-state index contributed by atoms with van der Waals surface area (Å²) in [6.45, 7) is 3.82. The molecule has 0 spiro atoms. The lowest BCUT2D eigenvalue weighted by atomic mass is 10.1. The van der Waals surface area contributed by atoms with E-state index in [0.29, 0.717) is 17.7 Å². The van der Waals surface area contributed by atoms with Crippen LogP contribution in [0.2, 0.25) is 0 Å². The molecule has 5 nitrogen and oxygen atoms in total. The third-order valence-corrected chi connectivity index (χ3v) is 3.04. The lowest BCUT2D eigenvalue weighted by Crippen LogP contribution is -2.45. The van der Waals surface area contributed by atoms with Gasteiger partial charge in [0.2, 0.25) is 5.91 Å². The summed E-state index contributed by atoms with van der Waals surface area (Å²) in [6.07, 6.45) is 0. The first kappa shape index (κ1) is 16.7. The van der Waals surface area contributed by atoms with E-state index in [1.165, 1.54) is 0 Å². The van der Waals surface area contributed by atoms with E-state index in [4.69, 9.17) is 5.11 Å². The number of carbonyl (C=O) groups excluding carboxylic acids is 2. The predicted octanol–water partition coefficient (Wildman–Crippen LogP) is 0.627. The molecule has 0 fully saturated rings. The van der Waals surface area contributed by atoms with Crippen LogP contribution in [0.1, 0.15) is 29.8 Å². The lowest BCUT2D eigenvalue weighted by molar-refractivity contribution is -0.131. The molecule has 1 unspecified atom stereocenters. The molecule has 0 aliphatic rings. The van der Waals surface area contributed by atoms with Gasteiger partial charge in [-0.15, -0.1) is 0 Å². The van der Waals surface area contributed by atoms with E-state index in [1.54, 1.807) is 43.1 Å². The number of likely N-dealkylation sites (N-methyl/N-ethyl adjacent to an activating group) is 1. The average molecular weight is 288 g/mol. The molecule has 0 radical (unpaired) electrons. The second-order valence-corrected chi connectivity index (χ2v) is 4.55. The van der Waals surface area contributed by atoms with E-state index in [2.05, 4.69) is 17.2 Å². The quantitative estimate of drug-likeness (QED) is 0.798. The van der Waals surface area contributed by atoms with Crippen molar-refractivity contribution in [2.75, 3.05) is 20.2 Å². The second kappa shape index (κ2) is 8.08. The first-order valence-corrected chi connectivity index (χ1v) is 6.75. The van der Waals surface area contributed by atoms with Gasteiger partial charge in [-0.05, 0) is 26.0 Å². The summed E-state index contributed by atoms with van der Waals surface area (Å²) < 4.78 is 0. The largest absolute Gasteiger partial charge is 0.384 e. The molecular weight excluding hydrogens is 268 g/mol. The van der Waals surface area contributed by atoms with Gasteiger partial charge in [0.25, 0.3) is 5.91 Å². The number of amides is 2. The summed E-state index contributed by atoms with van der Waals surface area (Å²) in [7, 11) is 1.69. The molecule has 5 heteroatoms. The Hall–Kier alpha value is -2.32. The SMILES string of the molecule is CCN(C)C(=O)C(C)NC(=O)c1ccccc1C#CCO. The fourth-order valence-corrected chi connectivity index (χ4v) is 1.75. The number of aliphatic hydroxyl groups excluding tert-OH is 1. The Kier molecular flexibility index (Phi) is 6.44. The van der Waals surface area contributed by atoms with Crippen LogP contribution in [0.5, 0.6) is 0 Å². The molecular formula is C16H20N2O3. The highest BCUT2D eigenvalue weighted by molar-refractivity contribution is 5.99. The maximum atomic E-state index is 12.2. The normalized spacial score (nSPS) is 11.0. The van der Waals surface area contributed by atoms with Crippen LogP contribution in [-0.4, -0.2) is 48.1 Å². The third-order valence-electron chi connectivity index (χ3n) is 3.04. The zero-order valence-corrected chi connectivity index (χ0v) is 12.5. The molecule has 21 heavy (non-hydrogen) atoms. The molecule has 0 saturated heterocycles. The Morgan fingerprint density at radius 2 is 2.05 bits per heavy atom. The fraction of sp³-hybridized carbons (Fsp3) is 0.375. The van der Waals surface area contributed by atoms with Gasteiger partial charge >= 0.3 is 0 Å². The van der Waals surface area contributed by atoms with Crippen molar-refractivity contribution < 1.29 is 14.7 Å². The molecule has 1 rings (SSSR count). The molecule has 0 saturated carbocycles. The van der Waals surface area contributed by atoms with E-state index < -0.39 is 6.04 Å². The van der Waals surface area contributed by atoms with Crippen LogP contribution in [0.4, 0.5) is 0 Å². The molecule has 0 aliphatic carbocycles. The van der Waals surface area contributed by atoms with E-state index in [0.717, 1.165) is 0 Å². The van der Waals surface area contributed by atoms with Gasteiger partial charge in [0.1, 0.15) is 12.6 Å². The zero-order chi connectivity index (χ0) is 15.8. The van der Waals surface area contributed by atoms with Crippen molar-refractivity contribution in [2.45, 2.75) is 19.9 Å². The highest BCUT2D eigenvalue weighted by Crippen LogP contribution is 2.08. The van der Waals surface area contributed by atoms with Crippen molar-refractivity contribution in [2.24, 2.45) is 0 Å². The van der Waals surface area contributed by atoms with E-state index in [9.17, 15) is 9.59 Å². The summed E-state index contributed by atoms with van der Waals surface area (Å²) in [5.41, 5.74) is 0.907. The molecule has 2 amide bonds. The van der Waals surface area contributed by atoms with Crippen LogP contribution in [0.3, 0.4) is 0 Å². The van der Waals surface area contributed by atoms with Gasteiger partial charge in [0, 0.05) is 19.2 Å². The van der Waals surface area contributed by atoms with Crippen LogP contribution in [0, 0.1) is 11.8 Å². The molecule has 1 aromatic rings. The number of carbonyl (C=O) groups is 2. The van der Waals surface area contributed by atoms with Crippen LogP contribution in [0.25, 0.3) is 0 Å². The minimum atomic E-state index is -0.610. The number of aliphatic hydroxyl groups is 1. The van der Waals surface area contributed by atoms with Crippen molar-refractivity contribution in [3.8, 4) is 11.8 Å². The zero-order valence-electron chi connectivity index (χ0n) is 12.5. The highest BCUT2D eigenvalue weighted by atomic mass is 16.2. The Morgan fingerprint density at radius 1 is 1.38 bits per heavy atom. The molecule has 1 atom stereocenters. The number of benzene rings is 1. The molecule has 112 valence electrons. The van der Waals surface area contributed by atoms with Crippen LogP contribution in [0.15, 0.2) is 24.3 Å². The Labute approximate surface area is 125 Å². The minimum Gasteiger partial charge on any atom is -0.384 e. The van der Waals surface area contributed by atoms with Crippen LogP contribution < -0.4 is 5.32 Å². The van der Waals surface area contributed by atoms with Crippen LogP contribution >= 0.6 is 0 Å². The standard InChI is InChI=1S/C16H20N2O3/c1-4-18(3)16(21)12(2)17-15(20)14-10-6-5-8-13(14)9-7-11-19/h5-6,8,10,12,19H,4,11H2,1-3H3,(H,17,20). The van der Waals surface area contributed by atoms with Gasteiger partial charge in [0.05, 0.1) is 5.56 Å². The second-order valence-electron chi connectivity index (χ2n) is 4.55. The Balaban J connectivity index is 2.87. The van der Waals surface area contributed by atoms with Crippen LogP contribution in [-0.2, 0) is 4.79 Å². The van der Waals surface area contributed by atoms with Crippen molar-refractivity contribution in [1.82, 2.24) is 10.2 Å². The molecule has 0 aliphatic heterocycles. The van der Waals surface area contributed by atoms with Crippen molar-refractivity contribution in [1.29, 1.82) is 0 Å². The molecule has 2 N–H and O–H groups in total. The van der Waals surface area contributed by atoms with Crippen molar-refractivity contribution >= 4 is 11.8 Å². The number of hydrogen-bond acceptors (Lipinski definition) is 3. The lowest BCUT2D eigenvalue weighted by Gasteiger charge is -2.20. The topological polar surface area (TPSA) is 69.6 Å². The van der Waals surface area contributed by atoms with Gasteiger partial charge in [-0.2, -0.15) is 0 Å². The Morgan fingerprint density at radius 3 is 2.67 bits per heavy atom. The number of hydrogen-bond donors (Lipinski definition) is 2. The first-order chi connectivity index (χ1) is 10.0. The first-order valence-electron chi connectivity index (χ1n) is 6.75. The van der Waals surface area contributed by atoms with E-state index in [-0.39, 0.29) is 18.4 Å². The van der Waals surface area contributed by atoms with Gasteiger partial charge in [-0.1, -0.05) is 24.0 Å². The van der Waals surface area contributed by atoms with Gasteiger partial charge in [0.15, 0.2) is 0 Å². The Bertz CT molecular complexity index is 572. The summed E-state index contributed by atoms with van der Waals surface area (Å²) in [5, 5.41) is 11.4. The van der Waals surface area contributed by atoms with Crippen molar-refractivity contribution in [3.63, 3.8) is 0 Å². The van der Waals surface area contributed by atoms with Gasteiger partial charge in [-0.25, -0.2) is 0 Å². The smallest absolute Gasteiger partial charge is 0.253 e. The van der Waals surface area contributed by atoms with E-state index in [1.807, 2.05) is 6.92 Å². The maximum absolute atomic E-state index is 12.2. The monoisotopic (exact) mass is 288 g/mol. The minimum absolute atomic E-state index is 0.148. The third kappa shape index (κ3) is 4.62. The molecule has 1 aromatic carbocycles. The fourth-order valence-electron chi connectivity index (χ4n) is 1.75. The molecule has 0 heterocycles. The predicted molar refractivity (Wildman–Crippen MR) is 80.6 cm³/mol. The van der Waals surface area contributed by atoms with Crippen molar-refractivity contribution in [3.05, 3.63) is 35.4 Å². The molecule has 0 aromatic heterocycles. The summed E-state index contributed by atoms with van der Waals surface area (Å²) in [6, 6.07) is 6.21. The number of rotatable bonds is 4. The average Bonchev–Trinajstić information content (AvgIpc) is 2.51. The van der Waals surface area contributed by atoms with E-state index >= 15 is 0 Å². The number of nitrogens with zero attached hydrogens (tertiary/aromatic N) is 1. The van der Waals surface area contributed by atoms with Gasteiger partial charge in [-0.3, -0.25) is 9.59 Å². The summed E-state index contributed by atoms with van der Waals surface area (Å²) in [4.78, 5) is 25.7. The van der Waals surface area contributed by atoms with Gasteiger partial charge < -0.3 is 15.3 Å². The summed E-state index contributed by atoms with van der Waals surface area (Å²) in [5.74, 6) is 4.73. The molecule has 0 bridgehead atoms. The summed E-state index contributed by atoms with van der Waals surface area (Å²) >= 11 is 0.